The average Bonchev–Trinajstić information content (AvgIpc) is 2.68. The summed E-state index contributed by atoms with van der Waals surface area (Å²) in [6.45, 7) is 5.46. The minimum atomic E-state index is -0.521. The Morgan fingerprint density at radius 1 is 1.29 bits per heavy atom. The first-order valence-electron chi connectivity index (χ1n) is 6.64. The molecule has 2 aromatic rings. The number of hydrogen-bond acceptors (Lipinski definition) is 4. The van der Waals surface area contributed by atoms with Crippen LogP contribution in [0.5, 0.6) is 0 Å². The van der Waals surface area contributed by atoms with Gasteiger partial charge in [-0.05, 0) is 32.9 Å². The van der Waals surface area contributed by atoms with E-state index in [1.165, 1.54) is 0 Å². The molecule has 2 rings (SSSR count). The van der Waals surface area contributed by atoms with Crippen LogP contribution in [-0.4, -0.2) is 21.5 Å². The first-order chi connectivity index (χ1) is 9.76. The third-order valence-electron chi connectivity index (χ3n) is 2.77. The van der Waals surface area contributed by atoms with Crippen molar-refractivity contribution in [3.8, 4) is 11.3 Å². The molecule has 0 saturated heterocycles. The zero-order valence-electron chi connectivity index (χ0n) is 12.7. The van der Waals surface area contributed by atoms with E-state index in [2.05, 4.69) is 10.4 Å². The number of carbonyl (C=O) groups is 1. The number of nitrogens with one attached hydrogen (secondary N) is 1. The number of carbonyl (C=O) groups excluding carboxylic acids is 1. The number of benzene rings is 1. The number of hydrogen-bond donors (Lipinski definition) is 2. The fourth-order valence-corrected chi connectivity index (χ4v) is 1.94. The van der Waals surface area contributed by atoms with Gasteiger partial charge >= 0.3 is 6.09 Å². The van der Waals surface area contributed by atoms with E-state index in [1.54, 1.807) is 23.0 Å². The molecular formula is C15H20N4O2. The largest absolute Gasteiger partial charge is 0.444 e. The molecule has 1 aromatic heterocycles. The summed E-state index contributed by atoms with van der Waals surface area (Å²) in [7, 11) is 1.83. The van der Waals surface area contributed by atoms with E-state index < -0.39 is 11.7 Å². The average molecular weight is 288 g/mol. The molecular weight excluding hydrogens is 268 g/mol. The molecule has 0 radical (unpaired) electrons. The molecule has 1 heterocycles. The molecule has 1 aromatic carbocycles. The van der Waals surface area contributed by atoms with E-state index in [0.29, 0.717) is 11.4 Å². The lowest BCUT2D eigenvalue weighted by atomic mass is 10.1. The maximum absolute atomic E-state index is 11.7. The Kier molecular flexibility index (Phi) is 3.88. The van der Waals surface area contributed by atoms with Crippen molar-refractivity contribution in [1.82, 2.24) is 9.78 Å². The Hall–Kier alpha value is -2.50. The molecule has 0 aliphatic heterocycles. The van der Waals surface area contributed by atoms with E-state index in [9.17, 15) is 4.79 Å². The summed E-state index contributed by atoms with van der Waals surface area (Å²) in [4.78, 5) is 11.7. The lowest BCUT2D eigenvalue weighted by molar-refractivity contribution is 0.0636. The van der Waals surface area contributed by atoms with Crippen molar-refractivity contribution in [3.05, 3.63) is 30.5 Å². The third kappa shape index (κ3) is 3.75. The van der Waals surface area contributed by atoms with Crippen LogP contribution in [0.25, 0.3) is 11.3 Å². The molecule has 6 nitrogen and oxygen atoms in total. The van der Waals surface area contributed by atoms with Gasteiger partial charge in [-0.2, -0.15) is 5.10 Å². The van der Waals surface area contributed by atoms with E-state index in [1.807, 2.05) is 40.0 Å². The van der Waals surface area contributed by atoms with Crippen LogP contribution in [0.3, 0.4) is 0 Å². The van der Waals surface area contributed by atoms with Crippen LogP contribution in [-0.2, 0) is 11.8 Å². The van der Waals surface area contributed by atoms with Crippen LogP contribution in [0.15, 0.2) is 30.5 Å². The number of aromatic nitrogens is 2. The first-order valence-corrected chi connectivity index (χ1v) is 6.64. The zero-order chi connectivity index (χ0) is 15.6. The fourth-order valence-electron chi connectivity index (χ4n) is 1.94. The second-order valence-corrected chi connectivity index (χ2v) is 5.78. The summed E-state index contributed by atoms with van der Waals surface area (Å²) in [5, 5.41) is 6.79. The highest BCUT2D eigenvalue weighted by Gasteiger charge is 2.16. The van der Waals surface area contributed by atoms with Crippen molar-refractivity contribution in [2.24, 2.45) is 7.05 Å². The summed E-state index contributed by atoms with van der Waals surface area (Å²) in [5.41, 5.74) is 8.42. The third-order valence-corrected chi connectivity index (χ3v) is 2.77. The summed E-state index contributed by atoms with van der Waals surface area (Å²) in [6.07, 6.45) is 1.14. The minimum absolute atomic E-state index is 0.477. The van der Waals surface area contributed by atoms with Crippen molar-refractivity contribution < 1.29 is 9.53 Å². The van der Waals surface area contributed by atoms with Gasteiger partial charge in [0.2, 0.25) is 0 Å². The van der Waals surface area contributed by atoms with Crippen molar-refractivity contribution >= 4 is 17.5 Å². The van der Waals surface area contributed by atoms with Gasteiger partial charge in [0.15, 0.2) is 0 Å². The van der Waals surface area contributed by atoms with Crippen LogP contribution in [0.1, 0.15) is 20.8 Å². The molecule has 0 bridgehead atoms. The van der Waals surface area contributed by atoms with Gasteiger partial charge in [-0.15, -0.1) is 0 Å². The van der Waals surface area contributed by atoms with Gasteiger partial charge in [0, 0.05) is 18.3 Å². The Morgan fingerprint density at radius 2 is 1.90 bits per heavy atom. The highest BCUT2D eigenvalue weighted by molar-refractivity contribution is 5.85. The van der Waals surface area contributed by atoms with Gasteiger partial charge in [-0.25, -0.2) is 4.79 Å². The molecule has 0 spiro atoms. The van der Waals surface area contributed by atoms with Crippen molar-refractivity contribution in [2.45, 2.75) is 26.4 Å². The Morgan fingerprint density at radius 3 is 2.38 bits per heavy atom. The molecule has 112 valence electrons. The maximum atomic E-state index is 11.7. The van der Waals surface area contributed by atoms with Crippen LogP contribution in [0.4, 0.5) is 16.2 Å². The van der Waals surface area contributed by atoms with Gasteiger partial charge in [0.25, 0.3) is 0 Å². The summed E-state index contributed by atoms with van der Waals surface area (Å²) in [6, 6.07) is 7.34. The van der Waals surface area contributed by atoms with Gasteiger partial charge in [-0.1, -0.05) is 12.1 Å². The van der Waals surface area contributed by atoms with Crippen molar-refractivity contribution in [1.29, 1.82) is 0 Å². The highest BCUT2D eigenvalue weighted by Crippen LogP contribution is 2.26. The predicted octanol–water partition coefficient (Wildman–Crippen LogP) is 3.02. The van der Waals surface area contributed by atoms with E-state index in [-0.39, 0.29) is 0 Å². The molecule has 0 aliphatic carbocycles. The summed E-state index contributed by atoms with van der Waals surface area (Å²) >= 11 is 0. The summed E-state index contributed by atoms with van der Waals surface area (Å²) in [5.74, 6) is 0. The number of anilines is 2. The number of ether oxygens (including phenoxy) is 1. The number of amides is 1. The molecule has 1 amide bonds. The quantitative estimate of drug-likeness (QED) is 0.890. The molecule has 0 fully saturated rings. The molecule has 0 saturated carbocycles. The second kappa shape index (κ2) is 5.47. The van der Waals surface area contributed by atoms with E-state index in [4.69, 9.17) is 10.5 Å². The minimum Gasteiger partial charge on any atom is -0.444 e. The number of nitrogens with two attached hydrogens (primary N) is 1. The second-order valence-electron chi connectivity index (χ2n) is 5.78. The van der Waals surface area contributed by atoms with Gasteiger partial charge < -0.3 is 10.5 Å². The molecule has 3 N–H and O–H groups in total. The highest BCUT2D eigenvalue weighted by atomic mass is 16.6. The number of nitrogen functional groups attached to an aromatic ring is 1. The maximum Gasteiger partial charge on any atom is 0.412 e. The standard InChI is InChI=1S/C15H20N4O2/c1-15(2,3)21-14(20)18-11-7-5-10(6-8-11)13-12(16)9-17-19(13)4/h5-9H,16H2,1-4H3,(H,18,20). The lowest BCUT2D eigenvalue weighted by Crippen LogP contribution is -2.27. The van der Waals surface area contributed by atoms with E-state index in [0.717, 1.165) is 11.3 Å². The van der Waals surface area contributed by atoms with Gasteiger partial charge in [0.1, 0.15) is 5.60 Å². The zero-order valence-corrected chi connectivity index (χ0v) is 12.7. The topological polar surface area (TPSA) is 82.2 Å². The number of nitrogens with zero attached hydrogens (tertiary/aromatic N) is 2. The van der Waals surface area contributed by atoms with E-state index >= 15 is 0 Å². The number of rotatable bonds is 2. The van der Waals surface area contributed by atoms with Crippen molar-refractivity contribution in [2.75, 3.05) is 11.1 Å². The first kappa shape index (κ1) is 14.9. The SMILES string of the molecule is Cn1ncc(N)c1-c1ccc(NC(=O)OC(C)(C)C)cc1. The molecule has 6 heteroatoms. The van der Waals surface area contributed by atoms with Gasteiger partial charge in [0.05, 0.1) is 17.6 Å². The Labute approximate surface area is 123 Å². The summed E-state index contributed by atoms with van der Waals surface area (Å²) < 4.78 is 6.91. The smallest absolute Gasteiger partial charge is 0.412 e. The van der Waals surface area contributed by atoms with Crippen LogP contribution in [0.2, 0.25) is 0 Å². The predicted molar refractivity (Wildman–Crippen MR) is 82.9 cm³/mol. The lowest BCUT2D eigenvalue weighted by Gasteiger charge is -2.19. The van der Waals surface area contributed by atoms with Gasteiger partial charge in [-0.3, -0.25) is 10.00 Å². The normalized spacial score (nSPS) is 11.2. The molecule has 21 heavy (non-hydrogen) atoms. The Bertz CT molecular complexity index is 619. The monoisotopic (exact) mass is 288 g/mol. The fraction of sp³-hybridized carbons (Fsp3) is 0.333. The van der Waals surface area contributed by atoms with Crippen molar-refractivity contribution in [3.63, 3.8) is 0 Å². The Balaban J connectivity index is 2.11. The van der Waals surface area contributed by atoms with Crippen LogP contribution in [0, 0.1) is 0 Å². The molecule has 0 aliphatic rings. The van der Waals surface area contributed by atoms with Crippen LogP contribution < -0.4 is 11.1 Å². The van der Waals surface area contributed by atoms with Crippen LogP contribution >= 0.6 is 0 Å². The number of aryl methyl sites for hydroxylation is 1. The molecule has 0 atom stereocenters. The molecule has 0 unspecified atom stereocenters.